The largest absolute Gasteiger partial charge is 0.390 e. The average Bonchev–Trinajstić information content (AvgIpc) is 3.07. The Kier molecular flexibility index (Phi) is 4.54. The van der Waals surface area contributed by atoms with Crippen molar-refractivity contribution in [2.75, 3.05) is 39.4 Å². The molecule has 7 heteroatoms. The maximum atomic E-state index is 10.3. The van der Waals surface area contributed by atoms with Gasteiger partial charge < -0.3 is 14.4 Å². The molecule has 2 atom stereocenters. The van der Waals surface area contributed by atoms with Gasteiger partial charge in [0.15, 0.2) is 5.82 Å². The second kappa shape index (κ2) is 6.39. The molecule has 118 valence electrons. The van der Waals surface area contributed by atoms with Gasteiger partial charge in [-0.2, -0.15) is 4.98 Å². The Morgan fingerprint density at radius 2 is 2.05 bits per heavy atom. The van der Waals surface area contributed by atoms with Gasteiger partial charge >= 0.3 is 0 Å². The lowest BCUT2D eigenvalue weighted by atomic mass is 10.2. The molecule has 0 unspecified atom stereocenters. The molecular weight excluding hydrogens is 272 g/mol. The minimum absolute atomic E-state index is 0.186. The number of aliphatic hydroxyl groups excluding tert-OH is 1. The first-order valence-corrected chi connectivity index (χ1v) is 7.68. The number of hydrogen-bond acceptors (Lipinski definition) is 7. The Morgan fingerprint density at radius 1 is 1.29 bits per heavy atom. The first-order valence-electron chi connectivity index (χ1n) is 7.68. The van der Waals surface area contributed by atoms with Gasteiger partial charge in [-0.1, -0.05) is 19.0 Å². The van der Waals surface area contributed by atoms with E-state index in [9.17, 15) is 5.11 Å². The van der Waals surface area contributed by atoms with Crippen LogP contribution in [0.25, 0.3) is 0 Å². The van der Waals surface area contributed by atoms with Gasteiger partial charge in [-0.25, -0.2) is 0 Å². The van der Waals surface area contributed by atoms with Gasteiger partial charge in [0.05, 0.1) is 25.9 Å². The van der Waals surface area contributed by atoms with E-state index in [0.29, 0.717) is 24.8 Å². The van der Waals surface area contributed by atoms with Crippen LogP contribution >= 0.6 is 0 Å². The number of morpholine rings is 1. The molecule has 21 heavy (non-hydrogen) atoms. The smallest absolute Gasteiger partial charge is 0.229 e. The topological polar surface area (TPSA) is 74.9 Å². The van der Waals surface area contributed by atoms with Crippen LogP contribution in [0.4, 0.5) is 0 Å². The summed E-state index contributed by atoms with van der Waals surface area (Å²) in [4.78, 5) is 8.92. The highest BCUT2D eigenvalue weighted by Gasteiger charge is 2.36. The van der Waals surface area contributed by atoms with Gasteiger partial charge in [0.2, 0.25) is 5.89 Å². The summed E-state index contributed by atoms with van der Waals surface area (Å²) in [5, 5.41) is 14.3. The van der Waals surface area contributed by atoms with Crippen LogP contribution in [0.15, 0.2) is 4.52 Å². The summed E-state index contributed by atoms with van der Waals surface area (Å²) in [6, 6.07) is 0.186. The highest BCUT2D eigenvalue weighted by molar-refractivity contribution is 4.96. The van der Waals surface area contributed by atoms with Gasteiger partial charge in [-0.05, 0) is 0 Å². The molecule has 3 rings (SSSR count). The van der Waals surface area contributed by atoms with Crippen molar-refractivity contribution in [1.29, 1.82) is 0 Å². The molecule has 0 aliphatic carbocycles. The Bertz CT molecular complexity index is 459. The molecule has 0 amide bonds. The molecule has 0 aromatic carbocycles. The molecule has 2 fully saturated rings. The molecule has 2 saturated heterocycles. The molecule has 0 spiro atoms. The predicted octanol–water partition coefficient (Wildman–Crippen LogP) is 0.0703. The molecule has 1 aromatic rings. The zero-order valence-corrected chi connectivity index (χ0v) is 12.7. The molecule has 7 nitrogen and oxygen atoms in total. The van der Waals surface area contributed by atoms with Crippen molar-refractivity contribution in [3.8, 4) is 0 Å². The maximum absolute atomic E-state index is 10.3. The zero-order chi connectivity index (χ0) is 14.8. The standard InChI is InChI=1S/C14H24N4O3/c1-10(2)14-15-13(16-21-14)9-17-7-11(12(19)8-17)18-3-5-20-6-4-18/h10-12,19H,3-9H2,1-2H3/t11-,12-/m0/s1. The van der Waals surface area contributed by atoms with E-state index in [1.54, 1.807) is 0 Å². The number of nitrogens with zero attached hydrogens (tertiary/aromatic N) is 4. The molecular formula is C14H24N4O3. The third-order valence-electron chi connectivity index (χ3n) is 4.19. The third kappa shape index (κ3) is 3.42. The van der Waals surface area contributed by atoms with E-state index in [2.05, 4.69) is 19.9 Å². The predicted molar refractivity (Wildman–Crippen MR) is 75.9 cm³/mol. The Labute approximate surface area is 124 Å². The first kappa shape index (κ1) is 14.9. The van der Waals surface area contributed by atoms with Gasteiger partial charge in [-0.3, -0.25) is 9.80 Å². The Morgan fingerprint density at radius 3 is 2.71 bits per heavy atom. The molecule has 0 bridgehead atoms. The number of ether oxygens (including phenoxy) is 1. The monoisotopic (exact) mass is 296 g/mol. The Balaban J connectivity index is 1.57. The van der Waals surface area contributed by atoms with E-state index in [1.165, 1.54) is 0 Å². The van der Waals surface area contributed by atoms with Crippen LogP contribution in [0.3, 0.4) is 0 Å². The summed E-state index contributed by atoms with van der Waals surface area (Å²) >= 11 is 0. The normalized spacial score (nSPS) is 28.6. The number of hydrogen-bond donors (Lipinski definition) is 1. The maximum Gasteiger partial charge on any atom is 0.229 e. The number of aliphatic hydroxyl groups is 1. The number of likely N-dealkylation sites (tertiary alicyclic amines) is 1. The fraction of sp³-hybridized carbons (Fsp3) is 0.857. The van der Waals surface area contributed by atoms with E-state index >= 15 is 0 Å². The fourth-order valence-electron chi connectivity index (χ4n) is 3.01. The van der Waals surface area contributed by atoms with Crippen molar-refractivity contribution in [1.82, 2.24) is 19.9 Å². The second-order valence-electron chi connectivity index (χ2n) is 6.18. The number of rotatable bonds is 4. The van der Waals surface area contributed by atoms with Crippen LogP contribution in [-0.2, 0) is 11.3 Å². The second-order valence-corrected chi connectivity index (χ2v) is 6.18. The Hall–Kier alpha value is -1.02. The molecule has 2 aliphatic heterocycles. The van der Waals surface area contributed by atoms with E-state index in [-0.39, 0.29) is 18.1 Å². The van der Waals surface area contributed by atoms with E-state index in [1.807, 2.05) is 13.8 Å². The summed E-state index contributed by atoms with van der Waals surface area (Å²) in [7, 11) is 0. The lowest BCUT2D eigenvalue weighted by molar-refractivity contribution is -0.00618. The van der Waals surface area contributed by atoms with Crippen molar-refractivity contribution in [2.24, 2.45) is 0 Å². The summed E-state index contributed by atoms with van der Waals surface area (Å²) in [6.07, 6.45) is -0.320. The van der Waals surface area contributed by atoms with Crippen LogP contribution in [0.5, 0.6) is 0 Å². The van der Waals surface area contributed by atoms with E-state index < -0.39 is 0 Å². The van der Waals surface area contributed by atoms with Gasteiger partial charge in [0, 0.05) is 38.1 Å². The number of aromatic nitrogens is 2. The highest BCUT2D eigenvalue weighted by atomic mass is 16.5. The molecule has 0 saturated carbocycles. The molecule has 2 aliphatic rings. The van der Waals surface area contributed by atoms with Crippen molar-refractivity contribution >= 4 is 0 Å². The fourth-order valence-corrected chi connectivity index (χ4v) is 3.01. The quantitative estimate of drug-likeness (QED) is 0.842. The van der Waals surface area contributed by atoms with Crippen molar-refractivity contribution in [3.63, 3.8) is 0 Å². The van der Waals surface area contributed by atoms with Crippen LogP contribution in [0.1, 0.15) is 31.5 Å². The van der Waals surface area contributed by atoms with Crippen LogP contribution in [0, 0.1) is 0 Å². The van der Waals surface area contributed by atoms with Crippen molar-refractivity contribution in [3.05, 3.63) is 11.7 Å². The zero-order valence-electron chi connectivity index (χ0n) is 12.7. The summed E-state index contributed by atoms with van der Waals surface area (Å²) in [5.74, 6) is 1.62. The van der Waals surface area contributed by atoms with Gasteiger partial charge in [0.1, 0.15) is 0 Å². The van der Waals surface area contributed by atoms with Crippen LogP contribution in [0.2, 0.25) is 0 Å². The van der Waals surface area contributed by atoms with Gasteiger partial charge in [0.25, 0.3) is 0 Å². The summed E-state index contributed by atoms with van der Waals surface area (Å²) in [6.45, 7) is 9.51. The minimum Gasteiger partial charge on any atom is -0.390 e. The molecule has 1 aromatic heterocycles. The summed E-state index contributed by atoms with van der Waals surface area (Å²) < 4.78 is 10.6. The van der Waals surface area contributed by atoms with E-state index in [0.717, 1.165) is 32.8 Å². The molecule has 0 radical (unpaired) electrons. The minimum atomic E-state index is -0.320. The number of β-amino-alcohol motifs (C(OH)–C–C–N with tert-alkyl or cyclic N) is 1. The van der Waals surface area contributed by atoms with E-state index in [4.69, 9.17) is 9.26 Å². The SMILES string of the molecule is CC(C)c1nc(CN2C[C@H](O)[C@@H](N3CCOCC3)C2)no1. The molecule has 1 N–H and O–H groups in total. The van der Waals surface area contributed by atoms with Crippen molar-refractivity contribution in [2.45, 2.75) is 38.5 Å². The summed E-state index contributed by atoms with van der Waals surface area (Å²) in [5.41, 5.74) is 0. The van der Waals surface area contributed by atoms with Crippen LogP contribution < -0.4 is 0 Å². The first-order chi connectivity index (χ1) is 10.1. The average molecular weight is 296 g/mol. The van der Waals surface area contributed by atoms with Crippen molar-refractivity contribution < 1.29 is 14.4 Å². The third-order valence-corrected chi connectivity index (χ3v) is 4.19. The lowest BCUT2D eigenvalue weighted by Crippen LogP contribution is -2.48. The molecule has 3 heterocycles. The highest BCUT2D eigenvalue weighted by Crippen LogP contribution is 2.20. The lowest BCUT2D eigenvalue weighted by Gasteiger charge is -2.33. The van der Waals surface area contributed by atoms with Gasteiger partial charge in [-0.15, -0.1) is 0 Å². The van der Waals surface area contributed by atoms with Crippen LogP contribution in [-0.4, -0.2) is 76.6 Å².